The van der Waals surface area contributed by atoms with Gasteiger partial charge >= 0.3 is 6.18 Å². The summed E-state index contributed by atoms with van der Waals surface area (Å²) in [6, 6.07) is 10.3. The van der Waals surface area contributed by atoms with Gasteiger partial charge in [0.25, 0.3) is 5.91 Å². The van der Waals surface area contributed by atoms with E-state index < -0.39 is 17.6 Å². The molecule has 4 heterocycles. The van der Waals surface area contributed by atoms with E-state index in [9.17, 15) is 18.0 Å². The summed E-state index contributed by atoms with van der Waals surface area (Å²) >= 11 is 0. The highest BCUT2D eigenvalue weighted by molar-refractivity contribution is 6.10. The number of carbonyl (C=O) groups is 1. The van der Waals surface area contributed by atoms with Crippen molar-refractivity contribution in [2.45, 2.75) is 43.9 Å². The first-order valence-corrected chi connectivity index (χ1v) is 13.4. The third-order valence-electron chi connectivity index (χ3n) is 9.24. The summed E-state index contributed by atoms with van der Waals surface area (Å²) in [6.45, 7) is 4.66. The van der Waals surface area contributed by atoms with E-state index in [1.807, 2.05) is 36.7 Å². The van der Waals surface area contributed by atoms with Crippen molar-refractivity contribution in [1.82, 2.24) is 19.7 Å². The fraction of sp³-hybridized carbons (Fsp3) is 0.483. The molecule has 0 N–H and O–H groups in total. The van der Waals surface area contributed by atoms with E-state index in [2.05, 4.69) is 15.1 Å². The molecule has 1 amide bonds. The van der Waals surface area contributed by atoms with E-state index in [-0.39, 0.29) is 29.1 Å². The van der Waals surface area contributed by atoms with Crippen molar-refractivity contribution in [3.8, 4) is 0 Å². The third kappa shape index (κ3) is 4.07. The van der Waals surface area contributed by atoms with Crippen molar-refractivity contribution in [3.05, 3.63) is 76.4 Å². The number of anilines is 1. The number of nitrogens with zero attached hydrogens (tertiary/aromatic N) is 5. The van der Waals surface area contributed by atoms with Gasteiger partial charge in [0.1, 0.15) is 12.2 Å². The summed E-state index contributed by atoms with van der Waals surface area (Å²) in [5, 5.41) is 8.19. The Balaban J connectivity index is 1.21. The number of rotatable bonds is 6. The highest BCUT2D eigenvalue weighted by atomic mass is 19.4. The van der Waals surface area contributed by atoms with Gasteiger partial charge in [-0.15, -0.1) is 10.2 Å². The summed E-state index contributed by atoms with van der Waals surface area (Å²) in [6.07, 6.45) is -1.06. The predicted molar refractivity (Wildman–Crippen MR) is 137 cm³/mol. The number of likely N-dealkylation sites (tertiary alicyclic amines) is 1. The van der Waals surface area contributed by atoms with Crippen molar-refractivity contribution in [2.75, 3.05) is 31.2 Å². The molecule has 204 valence electrons. The summed E-state index contributed by atoms with van der Waals surface area (Å²) < 4.78 is 50.4. The Labute approximate surface area is 224 Å². The van der Waals surface area contributed by atoms with Crippen LogP contribution < -0.4 is 4.90 Å². The number of aromatic nitrogens is 3. The first-order valence-electron chi connectivity index (χ1n) is 13.4. The Morgan fingerprint density at radius 3 is 2.56 bits per heavy atom. The van der Waals surface area contributed by atoms with E-state index in [0.717, 1.165) is 24.5 Å². The van der Waals surface area contributed by atoms with Crippen molar-refractivity contribution in [2.24, 2.45) is 18.9 Å². The van der Waals surface area contributed by atoms with Crippen LogP contribution in [0.1, 0.15) is 57.8 Å². The highest BCUT2D eigenvalue weighted by Gasteiger charge is 2.47. The van der Waals surface area contributed by atoms with Crippen LogP contribution in [0.3, 0.4) is 0 Å². The summed E-state index contributed by atoms with van der Waals surface area (Å²) in [5.74, 6) is 1.77. The Morgan fingerprint density at radius 2 is 1.92 bits per heavy atom. The molecule has 3 aromatic rings. The van der Waals surface area contributed by atoms with Gasteiger partial charge in [-0.25, -0.2) is 0 Å². The van der Waals surface area contributed by atoms with E-state index in [1.54, 1.807) is 18.5 Å². The molecule has 3 aliphatic heterocycles. The minimum Gasteiger partial charge on any atom is -0.379 e. The fourth-order valence-electron chi connectivity index (χ4n) is 6.59. The number of piperidine rings is 1. The second-order valence-corrected chi connectivity index (χ2v) is 11.7. The lowest BCUT2D eigenvalue weighted by atomic mass is 9.75. The molecule has 4 aliphatic rings. The van der Waals surface area contributed by atoms with E-state index in [1.165, 1.54) is 17.4 Å². The van der Waals surface area contributed by atoms with Crippen LogP contribution in [0.15, 0.2) is 42.7 Å². The summed E-state index contributed by atoms with van der Waals surface area (Å²) in [5.41, 5.74) is 1.28. The minimum atomic E-state index is -4.55. The van der Waals surface area contributed by atoms with Crippen LogP contribution in [0, 0.1) is 11.8 Å². The second-order valence-electron chi connectivity index (χ2n) is 11.7. The van der Waals surface area contributed by atoms with Crippen LogP contribution in [0.4, 0.5) is 18.9 Å². The number of fused-ring (bicyclic) bond motifs is 2. The van der Waals surface area contributed by atoms with Gasteiger partial charge in [-0.2, -0.15) is 13.2 Å². The Hall–Kier alpha value is -3.24. The zero-order chi connectivity index (χ0) is 27.1. The number of alkyl halides is 3. The van der Waals surface area contributed by atoms with Gasteiger partial charge in [0.15, 0.2) is 0 Å². The highest BCUT2D eigenvalue weighted by Crippen LogP contribution is 2.48. The Kier molecular flexibility index (Phi) is 5.48. The molecule has 0 bridgehead atoms. The number of amides is 1. The molecule has 3 atom stereocenters. The first-order chi connectivity index (χ1) is 18.6. The predicted octanol–water partition coefficient (Wildman–Crippen LogP) is 4.52. The van der Waals surface area contributed by atoms with Gasteiger partial charge in [0, 0.05) is 49.3 Å². The largest absolute Gasteiger partial charge is 0.416 e. The zero-order valence-corrected chi connectivity index (χ0v) is 21.9. The maximum atomic E-state index is 14.3. The van der Waals surface area contributed by atoms with Crippen LogP contribution >= 0.6 is 0 Å². The number of hydrogen-bond donors (Lipinski definition) is 0. The van der Waals surface area contributed by atoms with E-state index in [4.69, 9.17) is 4.74 Å². The quantitative estimate of drug-likeness (QED) is 0.463. The van der Waals surface area contributed by atoms with Gasteiger partial charge < -0.3 is 14.2 Å². The molecule has 1 aliphatic carbocycles. The van der Waals surface area contributed by atoms with Gasteiger partial charge in [-0.1, -0.05) is 12.1 Å². The maximum absolute atomic E-state index is 14.3. The zero-order valence-electron chi connectivity index (χ0n) is 21.9. The van der Waals surface area contributed by atoms with Crippen molar-refractivity contribution < 1.29 is 22.7 Å². The van der Waals surface area contributed by atoms with Gasteiger partial charge in [0.05, 0.1) is 25.3 Å². The maximum Gasteiger partial charge on any atom is 0.416 e. The van der Waals surface area contributed by atoms with Crippen molar-refractivity contribution in [3.63, 3.8) is 0 Å². The molecule has 2 aromatic carbocycles. The molecule has 0 spiro atoms. The van der Waals surface area contributed by atoms with Gasteiger partial charge in [-0.05, 0) is 66.1 Å². The average Bonchev–Trinajstić information content (AvgIpc) is 3.16. The van der Waals surface area contributed by atoms with Crippen LogP contribution in [0.2, 0.25) is 0 Å². The third-order valence-corrected chi connectivity index (χ3v) is 9.24. The lowest BCUT2D eigenvalue weighted by Crippen LogP contribution is -2.49. The molecule has 39 heavy (non-hydrogen) atoms. The summed E-state index contributed by atoms with van der Waals surface area (Å²) in [4.78, 5) is 17.4. The molecule has 2 saturated heterocycles. The number of halogens is 3. The van der Waals surface area contributed by atoms with Crippen molar-refractivity contribution in [1.29, 1.82) is 0 Å². The van der Waals surface area contributed by atoms with Gasteiger partial charge in [-0.3, -0.25) is 9.69 Å². The average molecular weight is 538 g/mol. The van der Waals surface area contributed by atoms with Gasteiger partial charge in [0.2, 0.25) is 0 Å². The molecule has 7 rings (SSSR count). The number of aryl methyl sites for hydroxylation is 1. The van der Waals surface area contributed by atoms with Crippen molar-refractivity contribution >= 4 is 11.6 Å². The van der Waals surface area contributed by atoms with Crippen LogP contribution in [0.5, 0.6) is 0 Å². The second kappa shape index (κ2) is 8.63. The lowest BCUT2D eigenvalue weighted by Gasteiger charge is -2.42. The molecule has 0 radical (unpaired) electrons. The minimum absolute atomic E-state index is 0.0545. The van der Waals surface area contributed by atoms with Crippen LogP contribution in [0.25, 0.3) is 0 Å². The SMILES string of the molecule is C[C@@H](c1cc2c(c(C(F)(F)F)c1)CN(c1cccc(C3(Cc4nncn4C)COC3)c1)C2=O)N1C[C@H]2C[C@H]2C1. The smallest absolute Gasteiger partial charge is 0.379 e. The fourth-order valence-corrected chi connectivity index (χ4v) is 6.59. The number of hydrogen-bond acceptors (Lipinski definition) is 5. The first kappa shape index (κ1) is 24.8. The lowest BCUT2D eigenvalue weighted by molar-refractivity contribution is -0.138. The normalized spacial score (nSPS) is 24.4. The molecular formula is C29H30F3N5O2. The number of carbonyl (C=O) groups excluding carboxylic acids is 1. The summed E-state index contributed by atoms with van der Waals surface area (Å²) in [7, 11) is 1.89. The van der Waals surface area contributed by atoms with Crippen LogP contribution in [-0.2, 0) is 36.3 Å². The molecule has 7 nitrogen and oxygen atoms in total. The molecule has 3 fully saturated rings. The molecule has 10 heteroatoms. The number of benzene rings is 2. The Morgan fingerprint density at radius 1 is 1.15 bits per heavy atom. The molecule has 0 unspecified atom stereocenters. The Bertz CT molecular complexity index is 1450. The molecule has 1 saturated carbocycles. The molecular weight excluding hydrogens is 507 g/mol. The van der Waals surface area contributed by atoms with E-state index in [0.29, 0.717) is 42.7 Å². The van der Waals surface area contributed by atoms with Crippen LogP contribution in [-0.4, -0.2) is 51.9 Å². The monoisotopic (exact) mass is 537 g/mol. The molecule has 1 aromatic heterocycles. The topological polar surface area (TPSA) is 63.5 Å². The van der Waals surface area contributed by atoms with E-state index >= 15 is 0 Å². The number of ether oxygens (including phenoxy) is 1. The standard InChI is InChI=1S/C29H30F3N5O2/c1-17(36-11-19-6-20(19)12-36)18-7-23-24(25(8-18)29(30,31)32)13-37(27(23)38)22-5-3-4-21(9-22)28(14-39-15-28)10-26-34-33-16-35(26)2/h3-5,7-9,16-17,19-20H,6,10-15H2,1-2H3/t17-,19-,20+/m0/s1.